The summed E-state index contributed by atoms with van der Waals surface area (Å²) in [5.74, 6) is -0.482. The fraction of sp³-hybridized carbons (Fsp3) is 0.400. The lowest BCUT2D eigenvalue weighted by atomic mass is 10.4. The van der Waals surface area contributed by atoms with E-state index in [1.807, 2.05) is 0 Å². The standard InChI is InChI=1S/C15H18O7S/c1-4-20-13(16)8-12(15(18)21-5-2)23-9-11-6-10(19-3)7-14(17)22-11/h6-8H,4-5,9H2,1-3H3/b12-8+. The molecule has 0 unspecified atom stereocenters. The fourth-order valence-corrected chi connectivity index (χ4v) is 2.29. The number of rotatable bonds is 8. The molecule has 1 aromatic rings. The van der Waals surface area contributed by atoms with Crippen molar-refractivity contribution < 1.29 is 28.2 Å². The van der Waals surface area contributed by atoms with Gasteiger partial charge in [-0.1, -0.05) is 0 Å². The van der Waals surface area contributed by atoms with Crippen LogP contribution in [0.2, 0.25) is 0 Å². The summed E-state index contributed by atoms with van der Waals surface area (Å²) < 4.78 is 19.7. The van der Waals surface area contributed by atoms with E-state index >= 15 is 0 Å². The van der Waals surface area contributed by atoms with E-state index in [0.717, 1.165) is 17.8 Å². The lowest BCUT2D eigenvalue weighted by Crippen LogP contribution is -2.09. The Morgan fingerprint density at radius 3 is 2.52 bits per heavy atom. The third-order valence-electron chi connectivity index (χ3n) is 2.41. The minimum absolute atomic E-state index is 0.0655. The van der Waals surface area contributed by atoms with Gasteiger partial charge in [-0.15, -0.1) is 11.8 Å². The number of carbonyl (C=O) groups excluding carboxylic acids is 2. The SMILES string of the molecule is CCOC(=O)/C=C(/SCc1cc(OC)cc(=O)o1)C(=O)OCC. The van der Waals surface area contributed by atoms with E-state index in [2.05, 4.69) is 0 Å². The van der Waals surface area contributed by atoms with Gasteiger partial charge >= 0.3 is 17.6 Å². The third-order valence-corrected chi connectivity index (χ3v) is 3.44. The molecule has 0 saturated carbocycles. The Morgan fingerprint density at radius 1 is 1.22 bits per heavy atom. The molecule has 1 heterocycles. The van der Waals surface area contributed by atoms with Crippen molar-refractivity contribution in [2.24, 2.45) is 0 Å². The summed E-state index contributed by atoms with van der Waals surface area (Å²) in [7, 11) is 1.43. The highest BCUT2D eigenvalue weighted by molar-refractivity contribution is 8.03. The van der Waals surface area contributed by atoms with Crippen LogP contribution in [-0.2, 0) is 24.8 Å². The zero-order valence-corrected chi connectivity index (χ0v) is 13.9. The Labute approximate surface area is 137 Å². The Kier molecular flexibility index (Phi) is 7.96. The molecule has 0 aromatic carbocycles. The summed E-state index contributed by atoms with van der Waals surface area (Å²) in [5.41, 5.74) is -0.563. The number of methoxy groups -OCH3 is 1. The topological polar surface area (TPSA) is 92.0 Å². The zero-order chi connectivity index (χ0) is 17.2. The van der Waals surface area contributed by atoms with Crippen LogP contribution in [0.5, 0.6) is 5.75 Å². The van der Waals surface area contributed by atoms with E-state index in [1.54, 1.807) is 13.8 Å². The average Bonchev–Trinajstić information content (AvgIpc) is 2.51. The van der Waals surface area contributed by atoms with Gasteiger partial charge in [0, 0.05) is 12.1 Å². The molecule has 0 N–H and O–H groups in total. The van der Waals surface area contributed by atoms with Crippen LogP contribution in [-0.4, -0.2) is 32.3 Å². The van der Waals surface area contributed by atoms with Gasteiger partial charge in [0.2, 0.25) is 0 Å². The number of hydrogen-bond acceptors (Lipinski definition) is 8. The highest BCUT2D eigenvalue weighted by atomic mass is 32.2. The quantitative estimate of drug-likeness (QED) is 0.522. The van der Waals surface area contributed by atoms with E-state index in [1.165, 1.54) is 19.2 Å². The lowest BCUT2D eigenvalue weighted by Gasteiger charge is -2.07. The van der Waals surface area contributed by atoms with Gasteiger partial charge in [0.25, 0.3) is 0 Å². The molecule has 8 heteroatoms. The normalized spacial score (nSPS) is 11.0. The third kappa shape index (κ3) is 6.60. The summed E-state index contributed by atoms with van der Waals surface area (Å²) in [6.45, 7) is 3.69. The van der Waals surface area contributed by atoms with Crippen LogP contribution in [0, 0.1) is 0 Å². The Hall–Kier alpha value is -2.22. The molecule has 0 spiro atoms. The molecule has 0 aliphatic carbocycles. The maximum Gasteiger partial charge on any atom is 0.344 e. The van der Waals surface area contributed by atoms with Crippen molar-refractivity contribution in [1.82, 2.24) is 0 Å². The highest BCUT2D eigenvalue weighted by Crippen LogP contribution is 2.24. The first-order valence-electron chi connectivity index (χ1n) is 6.86. The molecular weight excluding hydrogens is 324 g/mol. The smallest absolute Gasteiger partial charge is 0.344 e. The number of carbonyl (C=O) groups is 2. The van der Waals surface area contributed by atoms with Gasteiger partial charge in [-0.05, 0) is 13.8 Å². The van der Waals surface area contributed by atoms with E-state index < -0.39 is 17.6 Å². The maximum absolute atomic E-state index is 11.9. The van der Waals surface area contributed by atoms with Crippen molar-refractivity contribution in [2.75, 3.05) is 20.3 Å². The number of esters is 2. The molecule has 0 amide bonds. The molecular formula is C15H18O7S. The Morgan fingerprint density at radius 2 is 1.91 bits per heavy atom. The van der Waals surface area contributed by atoms with E-state index in [-0.39, 0.29) is 23.9 Å². The van der Waals surface area contributed by atoms with Crippen LogP contribution >= 0.6 is 11.8 Å². The molecule has 0 saturated heterocycles. The Bertz CT molecular complexity index is 633. The van der Waals surface area contributed by atoms with Crippen LogP contribution in [0.4, 0.5) is 0 Å². The molecule has 0 bridgehead atoms. The van der Waals surface area contributed by atoms with Gasteiger partial charge in [0.05, 0.1) is 32.1 Å². The second-order valence-electron chi connectivity index (χ2n) is 4.05. The molecule has 0 fully saturated rings. The predicted octanol–water partition coefficient (Wildman–Crippen LogP) is 1.89. The lowest BCUT2D eigenvalue weighted by molar-refractivity contribution is -0.140. The molecule has 0 aliphatic heterocycles. The van der Waals surface area contributed by atoms with Crippen LogP contribution in [0.15, 0.2) is 32.3 Å². The number of ether oxygens (including phenoxy) is 3. The molecule has 0 atom stereocenters. The Balaban J connectivity index is 2.89. The first kappa shape index (κ1) is 18.8. The largest absolute Gasteiger partial charge is 0.496 e. The minimum atomic E-state index is -0.643. The molecule has 0 aliphatic rings. The van der Waals surface area contributed by atoms with Crippen LogP contribution < -0.4 is 10.4 Å². The summed E-state index contributed by atoms with van der Waals surface area (Å²) in [5, 5.41) is 0. The van der Waals surface area contributed by atoms with E-state index in [9.17, 15) is 14.4 Å². The van der Waals surface area contributed by atoms with Gasteiger partial charge in [-0.2, -0.15) is 0 Å². The predicted molar refractivity (Wildman–Crippen MR) is 84.2 cm³/mol. The van der Waals surface area contributed by atoms with E-state index in [0.29, 0.717) is 11.5 Å². The molecule has 126 valence electrons. The van der Waals surface area contributed by atoms with Gasteiger partial charge in [-0.3, -0.25) is 0 Å². The van der Waals surface area contributed by atoms with Crippen molar-refractivity contribution in [3.8, 4) is 5.75 Å². The van der Waals surface area contributed by atoms with Crippen molar-refractivity contribution in [3.63, 3.8) is 0 Å². The maximum atomic E-state index is 11.9. The van der Waals surface area contributed by atoms with Crippen LogP contribution in [0.25, 0.3) is 0 Å². The number of thioether (sulfide) groups is 1. The second kappa shape index (κ2) is 9.73. The fourth-order valence-electron chi connectivity index (χ4n) is 1.50. The number of hydrogen-bond donors (Lipinski definition) is 0. The molecule has 0 radical (unpaired) electrons. The molecule has 1 aromatic heterocycles. The molecule has 23 heavy (non-hydrogen) atoms. The van der Waals surface area contributed by atoms with Crippen molar-refractivity contribution in [1.29, 1.82) is 0 Å². The summed E-state index contributed by atoms with van der Waals surface area (Å²) in [4.78, 5) is 34.8. The summed E-state index contributed by atoms with van der Waals surface area (Å²) in [6.07, 6.45) is 1.06. The van der Waals surface area contributed by atoms with Crippen molar-refractivity contribution in [2.45, 2.75) is 19.6 Å². The molecule has 7 nitrogen and oxygen atoms in total. The van der Waals surface area contributed by atoms with Gasteiger partial charge < -0.3 is 18.6 Å². The van der Waals surface area contributed by atoms with E-state index in [4.69, 9.17) is 18.6 Å². The van der Waals surface area contributed by atoms with Gasteiger partial charge in [0.1, 0.15) is 16.4 Å². The highest BCUT2D eigenvalue weighted by Gasteiger charge is 2.15. The van der Waals surface area contributed by atoms with Gasteiger partial charge in [0.15, 0.2) is 0 Å². The molecule has 1 rings (SSSR count). The average molecular weight is 342 g/mol. The van der Waals surface area contributed by atoms with Crippen LogP contribution in [0.3, 0.4) is 0 Å². The second-order valence-corrected chi connectivity index (χ2v) is 5.07. The zero-order valence-electron chi connectivity index (χ0n) is 13.1. The monoisotopic (exact) mass is 342 g/mol. The van der Waals surface area contributed by atoms with Crippen LogP contribution in [0.1, 0.15) is 19.6 Å². The first-order valence-corrected chi connectivity index (χ1v) is 7.85. The van der Waals surface area contributed by atoms with Crippen molar-refractivity contribution >= 4 is 23.7 Å². The first-order chi connectivity index (χ1) is 11.0. The van der Waals surface area contributed by atoms with Gasteiger partial charge in [-0.25, -0.2) is 14.4 Å². The van der Waals surface area contributed by atoms with Crippen molar-refractivity contribution in [3.05, 3.63) is 39.3 Å². The summed E-state index contributed by atoms with van der Waals surface area (Å²) in [6, 6.07) is 2.73. The minimum Gasteiger partial charge on any atom is -0.496 e. The summed E-state index contributed by atoms with van der Waals surface area (Å²) >= 11 is 1.00.